The minimum Gasteiger partial charge on any atom is -0.458 e. The molecule has 1 aliphatic rings. The molecule has 0 saturated carbocycles. The van der Waals surface area contributed by atoms with Crippen LogP contribution < -0.4 is 0 Å². The Balaban J connectivity index is 2.28. The highest BCUT2D eigenvalue weighted by molar-refractivity contribution is 5.67. The van der Waals surface area contributed by atoms with Gasteiger partial charge in [0.25, 0.3) is 0 Å². The summed E-state index contributed by atoms with van der Waals surface area (Å²) in [7, 11) is 0. The zero-order chi connectivity index (χ0) is 13.1. The monoisotopic (exact) mass is 248 g/mol. The summed E-state index contributed by atoms with van der Waals surface area (Å²) in [6.07, 6.45) is 0.888. The number of carbonyl (C=O) groups is 2. The lowest BCUT2D eigenvalue weighted by atomic mass is 9.87. The summed E-state index contributed by atoms with van der Waals surface area (Å²) >= 11 is 0. The first-order chi connectivity index (χ1) is 8.58. The third kappa shape index (κ3) is 2.70. The summed E-state index contributed by atoms with van der Waals surface area (Å²) < 4.78 is 10.6. The maximum absolute atomic E-state index is 11.1. The van der Waals surface area contributed by atoms with Crippen LogP contribution in [0, 0.1) is 0 Å². The van der Waals surface area contributed by atoms with E-state index < -0.39 is 0 Å². The Morgan fingerprint density at radius 3 is 1.67 bits per heavy atom. The van der Waals surface area contributed by atoms with Gasteiger partial charge in [-0.3, -0.25) is 9.59 Å². The van der Waals surface area contributed by atoms with Crippen molar-refractivity contribution in [2.45, 2.75) is 38.9 Å². The van der Waals surface area contributed by atoms with Crippen molar-refractivity contribution in [3.05, 3.63) is 35.4 Å². The molecule has 0 radical (unpaired) electrons. The maximum Gasteiger partial charge on any atom is 0.303 e. The molecule has 0 spiro atoms. The average Bonchev–Trinajstić information content (AvgIpc) is 2.31. The molecule has 1 aliphatic carbocycles. The van der Waals surface area contributed by atoms with Gasteiger partial charge in [-0.2, -0.15) is 0 Å². The van der Waals surface area contributed by atoms with Gasteiger partial charge in [0.15, 0.2) is 0 Å². The van der Waals surface area contributed by atoms with Gasteiger partial charge in [0.1, 0.15) is 12.2 Å². The first-order valence-electron chi connectivity index (χ1n) is 6.01. The van der Waals surface area contributed by atoms with Gasteiger partial charge in [-0.15, -0.1) is 0 Å². The molecule has 18 heavy (non-hydrogen) atoms. The molecule has 1 aromatic rings. The van der Waals surface area contributed by atoms with Crippen LogP contribution in [0.2, 0.25) is 0 Å². The second-order valence-electron chi connectivity index (χ2n) is 4.40. The predicted octanol–water partition coefficient (Wildman–Crippen LogP) is 2.69. The quantitative estimate of drug-likeness (QED) is 0.755. The summed E-state index contributed by atoms with van der Waals surface area (Å²) in [6, 6.07) is 7.62. The van der Waals surface area contributed by atoms with E-state index >= 15 is 0 Å². The molecule has 4 heteroatoms. The van der Waals surface area contributed by atoms with Crippen LogP contribution in [0.5, 0.6) is 0 Å². The Morgan fingerprint density at radius 1 is 0.944 bits per heavy atom. The van der Waals surface area contributed by atoms with Crippen molar-refractivity contribution in [3.63, 3.8) is 0 Å². The molecular weight excluding hydrogens is 232 g/mol. The summed E-state index contributed by atoms with van der Waals surface area (Å²) in [5.41, 5.74) is 1.87. The molecule has 96 valence electrons. The number of hydrogen-bond acceptors (Lipinski definition) is 4. The van der Waals surface area contributed by atoms with E-state index in [4.69, 9.17) is 9.47 Å². The number of carbonyl (C=O) groups excluding carboxylic acids is 2. The van der Waals surface area contributed by atoms with Crippen LogP contribution in [0.3, 0.4) is 0 Å². The Morgan fingerprint density at radius 2 is 1.33 bits per heavy atom. The molecule has 0 aromatic heterocycles. The molecule has 0 fully saturated rings. The van der Waals surface area contributed by atoms with Crippen LogP contribution in [-0.4, -0.2) is 11.9 Å². The highest BCUT2D eigenvalue weighted by Crippen LogP contribution is 2.39. The van der Waals surface area contributed by atoms with Crippen molar-refractivity contribution >= 4 is 11.9 Å². The molecule has 0 bridgehead atoms. The normalized spacial score (nSPS) is 21.9. The van der Waals surface area contributed by atoms with Gasteiger partial charge in [-0.1, -0.05) is 24.3 Å². The van der Waals surface area contributed by atoms with E-state index in [1.54, 1.807) is 0 Å². The summed E-state index contributed by atoms with van der Waals surface area (Å²) in [6.45, 7) is 2.81. The van der Waals surface area contributed by atoms with Gasteiger partial charge in [0.05, 0.1) is 0 Å². The van der Waals surface area contributed by atoms with Crippen LogP contribution in [0.4, 0.5) is 0 Å². The minimum atomic E-state index is -0.291. The Bertz CT molecular complexity index is 424. The Kier molecular flexibility index (Phi) is 3.65. The van der Waals surface area contributed by atoms with Crippen molar-refractivity contribution in [3.8, 4) is 0 Å². The Labute approximate surface area is 106 Å². The summed E-state index contributed by atoms with van der Waals surface area (Å²) in [4.78, 5) is 22.1. The number of hydrogen-bond donors (Lipinski definition) is 0. The first-order valence-corrected chi connectivity index (χ1v) is 6.01. The lowest BCUT2D eigenvalue weighted by Crippen LogP contribution is -2.21. The molecule has 4 nitrogen and oxygen atoms in total. The fourth-order valence-electron chi connectivity index (χ4n) is 2.36. The van der Waals surface area contributed by atoms with Crippen LogP contribution in [-0.2, 0) is 19.1 Å². The fraction of sp³-hybridized carbons (Fsp3) is 0.429. The van der Waals surface area contributed by atoms with Crippen molar-refractivity contribution in [2.75, 3.05) is 0 Å². The number of rotatable bonds is 2. The number of benzene rings is 1. The van der Waals surface area contributed by atoms with E-state index in [0.717, 1.165) is 11.1 Å². The van der Waals surface area contributed by atoms with E-state index in [2.05, 4.69) is 0 Å². The van der Waals surface area contributed by atoms with Crippen molar-refractivity contribution < 1.29 is 19.1 Å². The second-order valence-corrected chi connectivity index (χ2v) is 4.40. The first kappa shape index (κ1) is 12.6. The van der Waals surface area contributed by atoms with Crippen LogP contribution in [0.25, 0.3) is 0 Å². The SMILES string of the molecule is CC(=O)O[C@H]1CC[C@@H](OC(C)=O)c2ccccc21. The zero-order valence-electron chi connectivity index (χ0n) is 10.5. The van der Waals surface area contributed by atoms with Gasteiger partial charge in [-0.25, -0.2) is 0 Å². The highest BCUT2D eigenvalue weighted by atomic mass is 16.6. The molecule has 2 atom stereocenters. The zero-order valence-corrected chi connectivity index (χ0v) is 10.5. The molecule has 0 heterocycles. The van der Waals surface area contributed by atoms with Crippen LogP contribution in [0.15, 0.2) is 24.3 Å². The summed E-state index contributed by atoms with van der Waals surface area (Å²) in [5, 5.41) is 0. The second kappa shape index (κ2) is 5.21. The molecule has 0 saturated heterocycles. The van der Waals surface area contributed by atoms with Crippen molar-refractivity contribution in [1.29, 1.82) is 0 Å². The van der Waals surface area contributed by atoms with Gasteiger partial charge in [0, 0.05) is 13.8 Å². The third-order valence-electron chi connectivity index (χ3n) is 3.00. The van der Waals surface area contributed by atoms with Gasteiger partial charge in [0.2, 0.25) is 0 Å². The molecule has 2 rings (SSSR count). The molecule has 0 aliphatic heterocycles. The van der Waals surface area contributed by atoms with E-state index in [1.165, 1.54) is 13.8 Å². The van der Waals surface area contributed by atoms with Crippen LogP contribution in [0.1, 0.15) is 50.0 Å². The highest BCUT2D eigenvalue weighted by Gasteiger charge is 2.30. The lowest BCUT2D eigenvalue weighted by molar-refractivity contribution is -0.153. The largest absolute Gasteiger partial charge is 0.458 e. The number of fused-ring (bicyclic) bond motifs is 1. The minimum absolute atomic E-state index is 0.231. The average molecular weight is 248 g/mol. The Hall–Kier alpha value is -1.84. The predicted molar refractivity (Wildman–Crippen MR) is 64.7 cm³/mol. The van der Waals surface area contributed by atoms with Gasteiger partial charge >= 0.3 is 11.9 Å². The molecule has 0 amide bonds. The van der Waals surface area contributed by atoms with Crippen molar-refractivity contribution in [2.24, 2.45) is 0 Å². The third-order valence-corrected chi connectivity index (χ3v) is 3.00. The molecule has 0 N–H and O–H groups in total. The molecule has 1 aromatic carbocycles. The fourth-order valence-corrected chi connectivity index (χ4v) is 2.36. The number of esters is 2. The van der Waals surface area contributed by atoms with E-state index in [-0.39, 0.29) is 24.1 Å². The molecular formula is C14H16O4. The maximum atomic E-state index is 11.1. The van der Waals surface area contributed by atoms with Gasteiger partial charge in [-0.05, 0) is 24.0 Å². The number of ether oxygens (including phenoxy) is 2. The van der Waals surface area contributed by atoms with Crippen molar-refractivity contribution in [1.82, 2.24) is 0 Å². The van der Waals surface area contributed by atoms with E-state index in [9.17, 15) is 9.59 Å². The topological polar surface area (TPSA) is 52.6 Å². The van der Waals surface area contributed by atoms with Gasteiger partial charge < -0.3 is 9.47 Å². The summed E-state index contributed by atoms with van der Waals surface area (Å²) in [5.74, 6) is -0.582. The standard InChI is InChI=1S/C14H16O4/c1-9(15)17-13-7-8-14(18-10(2)16)12-6-4-3-5-11(12)13/h3-6,13-14H,7-8H2,1-2H3/t13-,14+. The smallest absolute Gasteiger partial charge is 0.303 e. The van der Waals surface area contributed by atoms with E-state index in [0.29, 0.717) is 12.8 Å². The lowest BCUT2D eigenvalue weighted by Gasteiger charge is -2.30. The van der Waals surface area contributed by atoms with E-state index in [1.807, 2.05) is 24.3 Å². The molecule has 0 unspecified atom stereocenters. The van der Waals surface area contributed by atoms with Crippen LogP contribution >= 0.6 is 0 Å².